The van der Waals surface area contributed by atoms with E-state index in [0.29, 0.717) is 49.5 Å². The van der Waals surface area contributed by atoms with Gasteiger partial charge in [0.2, 0.25) is 0 Å². The Bertz CT molecular complexity index is 945. The Labute approximate surface area is 222 Å². The van der Waals surface area contributed by atoms with Crippen LogP contribution in [0.5, 0.6) is 0 Å². The molecule has 2 aliphatic carbocycles. The normalized spacial score (nSPS) is 33.9. The molecule has 5 heteroatoms. The first-order chi connectivity index (χ1) is 18.1. The summed E-state index contributed by atoms with van der Waals surface area (Å²) in [5, 5.41) is 0. The maximum absolute atomic E-state index is 6.28. The minimum absolute atomic E-state index is 0.247. The molecule has 200 valence electrons. The Balaban J connectivity index is 1.06. The lowest BCUT2D eigenvalue weighted by Crippen LogP contribution is -2.29. The monoisotopic (exact) mass is 505 g/mol. The van der Waals surface area contributed by atoms with Gasteiger partial charge in [0.15, 0.2) is 0 Å². The summed E-state index contributed by atoms with van der Waals surface area (Å²) in [7, 11) is 0. The van der Waals surface area contributed by atoms with Crippen LogP contribution in [-0.2, 0) is 32.2 Å². The van der Waals surface area contributed by atoms with Crippen LogP contribution in [-0.4, -0.2) is 43.2 Å². The molecule has 37 heavy (non-hydrogen) atoms. The van der Waals surface area contributed by atoms with Gasteiger partial charge >= 0.3 is 0 Å². The van der Waals surface area contributed by atoms with Crippen molar-refractivity contribution in [1.82, 2.24) is 0 Å². The number of hydrogen-bond donors (Lipinski definition) is 0. The van der Waals surface area contributed by atoms with E-state index < -0.39 is 0 Å². The number of hydrogen-bond acceptors (Lipinski definition) is 5. The van der Waals surface area contributed by atoms with E-state index in [4.69, 9.17) is 18.9 Å². The van der Waals surface area contributed by atoms with Crippen LogP contribution in [0.3, 0.4) is 0 Å². The Kier molecular flexibility index (Phi) is 7.58. The third-order valence-electron chi connectivity index (χ3n) is 8.67. The van der Waals surface area contributed by atoms with Gasteiger partial charge in [-0.15, -0.1) is 0 Å². The van der Waals surface area contributed by atoms with Crippen molar-refractivity contribution < 1.29 is 18.9 Å². The Morgan fingerprint density at radius 3 is 1.59 bits per heavy atom. The predicted octanol–water partition coefficient (Wildman–Crippen LogP) is 6.79. The number of rotatable bonds is 11. The molecule has 2 heterocycles. The molecule has 0 radical (unpaired) electrons. The van der Waals surface area contributed by atoms with Crippen LogP contribution in [0.4, 0.5) is 11.4 Å². The first-order valence-corrected chi connectivity index (χ1v) is 14.6. The van der Waals surface area contributed by atoms with E-state index >= 15 is 0 Å². The molecule has 0 amide bonds. The standard InChI is InChI=1S/C32H43NO4/c1-4-5-14-33(25-10-6-23(7-11-25)19-34-27-15-21(2)17-29-31(27)36-29)26-12-8-24(9-13-26)20-35-28-16-22(3)18-30-32(28)37-30/h6-13,21-22,27-32H,4-5,14-20H2,1-3H3. The van der Waals surface area contributed by atoms with Crippen molar-refractivity contribution >= 4 is 11.4 Å². The van der Waals surface area contributed by atoms with Crippen LogP contribution in [0.15, 0.2) is 48.5 Å². The van der Waals surface area contributed by atoms with E-state index in [1.165, 1.54) is 41.8 Å². The van der Waals surface area contributed by atoms with Gasteiger partial charge in [0.25, 0.3) is 0 Å². The molecule has 4 aliphatic rings. The van der Waals surface area contributed by atoms with Crippen molar-refractivity contribution in [3.63, 3.8) is 0 Å². The highest BCUT2D eigenvalue weighted by atomic mass is 16.6. The Hall–Kier alpha value is -1.92. The molecule has 2 aliphatic heterocycles. The van der Waals surface area contributed by atoms with E-state index in [-0.39, 0.29) is 12.2 Å². The minimum atomic E-state index is 0.247. The predicted molar refractivity (Wildman–Crippen MR) is 146 cm³/mol. The van der Waals surface area contributed by atoms with Gasteiger partial charge in [-0.25, -0.2) is 0 Å². The topological polar surface area (TPSA) is 46.8 Å². The molecule has 2 saturated heterocycles. The van der Waals surface area contributed by atoms with E-state index in [9.17, 15) is 0 Å². The highest BCUT2D eigenvalue weighted by molar-refractivity contribution is 5.63. The smallest absolute Gasteiger partial charge is 0.110 e. The van der Waals surface area contributed by atoms with Crippen molar-refractivity contribution in [2.24, 2.45) is 11.8 Å². The van der Waals surface area contributed by atoms with Crippen LogP contribution in [0, 0.1) is 11.8 Å². The second-order valence-electron chi connectivity index (χ2n) is 12.0. The lowest BCUT2D eigenvalue weighted by Gasteiger charge is -2.26. The summed E-state index contributed by atoms with van der Waals surface area (Å²) < 4.78 is 24.2. The van der Waals surface area contributed by atoms with Crippen molar-refractivity contribution in [1.29, 1.82) is 0 Å². The van der Waals surface area contributed by atoms with Crippen LogP contribution in [0.2, 0.25) is 0 Å². The zero-order chi connectivity index (χ0) is 25.4. The van der Waals surface area contributed by atoms with Gasteiger partial charge in [0.1, 0.15) is 12.2 Å². The van der Waals surface area contributed by atoms with Crippen LogP contribution >= 0.6 is 0 Å². The number of benzene rings is 2. The van der Waals surface area contributed by atoms with Gasteiger partial charge in [0.05, 0.1) is 37.6 Å². The SMILES string of the molecule is CCCCN(c1ccc(COC2CC(C)CC3OC23)cc1)c1ccc(COC2CC(C)CC3OC23)cc1. The largest absolute Gasteiger partial charge is 0.371 e. The summed E-state index contributed by atoms with van der Waals surface area (Å²) in [6.45, 7) is 9.17. The molecule has 2 saturated carbocycles. The molecule has 2 aromatic rings. The van der Waals surface area contributed by atoms with Gasteiger partial charge in [-0.3, -0.25) is 0 Å². The summed E-state index contributed by atoms with van der Waals surface area (Å²) in [5.41, 5.74) is 4.90. The number of nitrogens with zero attached hydrogens (tertiary/aromatic N) is 1. The fourth-order valence-corrected chi connectivity index (χ4v) is 6.39. The molecule has 8 atom stereocenters. The second kappa shape index (κ2) is 11.1. The molecule has 8 unspecified atom stereocenters. The number of anilines is 2. The fourth-order valence-electron chi connectivity index (χ4n) is 6.39. The highest BCUT2D eigenvalue weighted by Crippen LogP contribution is 2.42. The summed E-state index contributed by atoms with van der Waals surface area (Å²) in [6.07, 6.45) is 8.97. The van der Waals surface area contributed by atoms with E-state index in [1.54, 1.807) is 0 Å². The summed E-state index contributed by atoms with van der Waals surface area (Å²) >= 11 is 0. The average molecular weight is 506 g/mol. The first-order valence-electron chi connectivity index (χ1n) is 14.6. The van der Waals surface area contributed by atoms with Gasteiger partial charge in [-0.1, -0.05) is 51.5 Å². The van der Waals surface area contributed by atoms with Gasteiger partial charge in [-0.05, 0) is 79.3 Å². The highest BCUT2D eigenvalue weighted by Gasteiger charge is 2.50. The van der Waals surface area contributed by atoms with Crippen molar-refractivity contribution in [3.8, 4) is 0 Å². The van der Waals surface area contributed by atoms with Crippen molar-refractivity contribution in [2.75, 3.05) is 11.4 Å². The zero-order valence-electron chi connectivity index (χ0n) is 22.7. The van der Waals surface area contributed by atoms with Gasteiger partial charge < -0.3 is 23.8 Å². The maximum Gasteiger partial charge on any atom is 0.110 e. The van der Waals surface area contributed by atoms with Crippen molar-refractivity contribution in [2.45, 2.75) is 109 Å². The van der Waals surface area contributed by atoms with Crippen LogP contribution < -0.4 is 4.90 Å². The molecule has 6 rings (SSSR count). The molecule has 0 N–H and O–H groups in total. The third kappa shape index (κ3) is 6.06. The first kappa shape index (κ1) is 25.4. The molecule has 0 bridgehead atoms. The van der Waals surface area contributed by atoms with E-state index in [1.807, 2.05) is 0 Å². The quantitative estimate of drug-likeness (QED) is 0.315. The summed E-state index contributed by atoms with van der Waals surface area (Å²) in [5.74, 6) is 1.38. The van der Waals surface area contributed by atoms with Crippen LogP contribution in [0.1, 0.15) is 70.4 Å². The molecule has 0 aromatic heterocycles. The molecular weight excluding hydrogens is 462 g/mol. The summed E-state index contributed by atoms with van der Waals surface area (Å²) in [4.78, 5) is 2.43. The molecule has 0 spiro atoms. The minimum Gasteiger partial charge on any atom is -0.371 e. The van der Waals surface area contributed by atoms with E-state index in [2.05, 4.69) is 74.2 Å². The number of epoxide rings is 2. The molecule has 5 nitrogen and oxygen atoms in total. The van der Waals surface area contributed by atoms with Gasteiger partial charge in [-0.2, -0.15) is 0 Å². The Morgan fingerprint density at radius 1 is 0.703 bits per heavy atom. The molecule has 4 fully saturated rings. The zero-order valence-corrected chi connectivity index (χ0v) is 22.7. The lowest BCUT2D eigenvalue weighted by atomic mass is 9.89. The van der Waals surface area contributed by atoms with Gasteiger partial charge in [0, 0.05) is 17.9 Å². The van der Waals surface area contributed by atoms with Crippen molar-refractivity contribution in [3.05, 3.63) is 59.7 Å². The number of unbranched alkanes of at least 4 members (excludes halogenated alkanes) is 1. The fraction of sp³-hybridized carbons (Fsp3) is 0.625. The van der Waals surface area contributed by atoms with Crippen LogP contribution in [0.25, 0.3) is 0 Å². The molecular formula is C32H43NO4. The lowest BCUT2D eigenvalue weighted by molar-refractivity contribution is 0.00477. The third-order valence-corrected chi connectivity index (χ3v) is 8.67. The summed E-state index contributed by atoms with van der Waals surface area (Å²) in [6, 6.07) is 17.8. The second-order valence-corrected chi connectivity index (χ2v) is 12.0. The average Bonchev–Trinajstić information content (AvgIpc) is 3.83. The molecule has 2 aromatic carbocycles. The Morgan fingerprint density at radius 2 is 1.16 bits per heavy atom. The number of ether oxygens (including phenoxy) is 4. The van der Waals surface area contributed by atoms with E-state index in [0.717, 1.165) is 25.8 Å². The number of fused-ring (bicyclic) bond motifs is 2. The maximum atomic E-state index is 6.28.